The summed E-state index contributed by atoms with van der Waals surface area (Å²) in [7, 11) is 1.53. The molecule has 11 heteroatoms. The van der Waals surface area contributed by atoms with E-state index in [1.54, 1.807) is 42.5 Å². The van der Waals surface area contributed by atoms with Gasteiger partial charge >= 0.3 is 5.97 Å². The van der Waals surface area contributed by atoms with Crippen LogP contribution in [0, 0.1) is 0 Å². The number of aromatic nitrogens is 1. The van der Waals surface area contributed by atoms with Crippen molar-refractivity contribution >= 4 is 51.8 Å². The topological polar surface area (TPSA) is 122 Å². The normalized spacial score (nSPS) is 10.8. The molecule has 1 aromatic heterocycles. The molecule has 216 valence electrons. The summed E-state index contributed by atoms with van der Waals surface area (Å²) in [5, 5.41) is 19.7. The molecule has 5 aromatic rings. The van der Waals surface area contributed by atoms with Crippen molar-refractivity contribution in [3.05, 3.63) is 124 Å². The number of methoxy groups -OCH3 is 1. The number of carboxylic acid groups (broad SMARTS) is 1. The lowest BCUT2D eigenvalue weighted by atomic mass is 10.1. The first-order chi connectivity index (χ1) is 20.9. The summed E-state index contributed by atoms with van der Waals surface area (Å²) in [4.78, 5) is 28.3. The van der Waals surface area contributed by atoms with E-state index in [1.165, 1.54) is 36.8 Å². The van der Waals surface area contributed by atoms with E-state index in [0.717, 1.165) is 27.6 Å². The summed E-state index contributed by atoms with van der Waals surface area (Å²) >= 11 is 7.43. The number of anilines is 2. The van der Waals surface area contributed by atoms with Crippen LogP contribution in [0.5, 0.6) is 11.5 Å². The Morgan fingerprint density at radius 3 is 2.37 bits per heavy atom. The highest BCUT2D eigenvalue weighted by Crippen LogP contribution is 2.29. The van der Waals surface area contributed by atoms with Crippen LogP contribution in [0.15, 0.2) is 101 Å². The Balaban J connectivity index is 1.15. The molecule has 0 radical (unpaired) electrons. The van der Waals surface area contributed by atoms with Crippen molar-refractivity contribution in [2.45, 2.75) is 6.61 Å². The Morgan fingerprint density at radius 2 is 1.67 bits per heavy atom. The van der Waals surface area contributed by atoms with Crippen molar-refractivity contribution in [2.24, 2.45) is 5.10 Å². The van der Waals surface area contributed by atoms with Gasteiger partial charge in [0.2, 0.25) is 0 Å². The van der Waals surface area contributed by atoms with Crippen LogP contribution in [0.1, 0.15) is 31.8 Å². The molecule has 5 rings (SSSR count). The molecule has 0 aliphatic heterocycles. The van der Waals surface area contributed by atoms with E-state index in [-0.39, 0.29) is 18.1 Å². The molecular weight excluding hydrogens is 588 g/mol. The molecule has 1 heterocycles. The molecule has 1 amide bonds. The summed E-state index contributed by atoms with van der Waals surface area (Å²) in [6.45, 7) is 0.239. The minimum Gasteiger partial charge on any atom is -0.493 e. The van der Waals surface area contributed by atoms with E-state index in [9.17, 15) is 9.59 Å². The van der Waals surface area contributed by atoms with Gasteiger partial charge in [-0.05, 0) is 77.9 Å². The van der Waals surface area contributed by atoms with E-state index >= 15 is 0 Å². The third-order valence-corrected chi connectivity index (χ3v) is 7.21. The molecule has 3 N–H and O–H groups in total. The van der Waals surface area contributed by atoms with Crippen LogP contribution < -0.4 is 20.2 Å². The Hall–Kier alpha value is -5.19. The number of carbonyl (C=O) groups is 2. The zero-order valence-corrected chi connectivity index (χ0v) is 24.4. The molecule has 0 atom stereocenters. The molecule has 9 nitrogen and oxygen atoms in total. The van der Waals surface area contributed by atoms with Crippen LogP contribution in [-0.4, -0.2) is 35.3 Å². The summed E-state index contributed by atoms with van der Waals surface area (Å²) in [6, 6.07) is 26.2. The van der Waals surface area contributed by atoms with Gasteiger partial charge in [-0.1, -0.05) is 35.9 Å². The minimum atomic E-state index is -0.981. The molecule has 0 fully saturated rings. The number of hydrogen-bond donors (Lipinski definition) is 3. The van der Waals surface area contributed by atoms with Crippen molar-refractivity contribution in [2.75, 3.05) is 12.4 Å². The van der Waals surface area contributed by atoms with Crippen LogP contribution >= 0.6 is 22.9 Å². The monoisotopic (exact) mass is 612 g/mol. The zero-order chi connectivity index (χ0) is 30.2. The molecule has 0 spiro atoms. The average Bonchev–Trinajstić information content (AvgIpc) is 3.50. The van der Waals surface area contributed by atoms with E-state index in [1.807, 2.05) is 41.8 Å². The first-order valence-electron chi connectivity index (χ1n) is 12.9. The van der Waals surface area contributed by atoms with Gasteiger partial charge in [0.15, 0.2) is 16.6 Å². The number of benzene rings is 4. The van der Waals surface area contributed by atoms with E-state index < -0.39 is 5.97 Å². The van der Waals surface area contributed by atoms with Gasteiger partial charge < -0.3 is 19.9 Å². The second-order valence-electron chi connectivity index (χ2n) is 9.15. The molecule has 0 unspecified atom stereocenters. The van der Waals surface area contributed by atoms with Crippen LogP contribution in [-0.2, 0) is 6.61 Å². The summed E-state index contributed by atoms with van der Waals surface area (Å²) in [5.74, 6) is -0.335. The van der Waals surface area contributed by atoms with Gasteiger partial charge in [0.1, 0.15) is 6.61 Å². The molecule has 4 aromatic carbocycles. The summed E-state index contributed by atoms with van der Waals surface area (Å²) < 4.78 is 11.3. The first-order valence-corrected chi connectivity index (χ1v) is 14.2. The predicted molar refractivity (Wildman–Crippen MR) is 168 cm³/mol. The fourth-order valence-corrected chi connectivity index (χ4v) is 4.80. The SMILES string of the molecule is COc1cc(/C=N\NC(=O)c2ccc(-c3csc(Nc4ccc(Cl)cc4)n3)cc2)ccc1OCc1ccc(C(=O)O)cc1. The van der Waals surface area contributed by atoms with Gasteiger partial charge in [0.05, 0.1) is 24.6 Å². The highest BCUT2D eigenvalue weighted by Gasteiger charge is 2.10. The van der Waals surface area contributed by atoms with Gasteiger partial charge in [0.25, 0.3) is 5.91 Å². The van der Waals surface area contributed by atoms with Crippen molar-refractivity contribution in [1.29, 1.82) is 0 Å². The number of ether oxygens (including phenoxy) is 2. The number of hydrogen-bond acceptors (Lipinski definition) is 8. The van der Waals surface area contributed by atoms with Gasteiger partial charge in [-0.2, -0.15) is 5.10 Å². The Kier molecular flexibility index (Phi) is 9.30. The predicted octanol–water partition coefficient (Wildman–Crippen LogP) is 7.26. The smallest absolute Gasteiger partial charge is 0.335 e. The largest absolute Gasteiger partial charge is 0.493 e. The maximum atomic E-state index is 12.6. The molecule has 0 saturated heterocycles. The maximum absolute atomic E-state index is 12.6. The van der Waals surface area contributed by atoms with Gasteiger partial charge in [-0.25, -0.2) is 15.2 Å². The number of thiazole rings is 1. The third-order valence-electron chi connectivity index (χ3n) is 6.21. The molecular formula is C32H25ClN4O5S. The van der Waals surface area contributed by atoms with Crippen LogP contribution in [0.2, 0.25) is 5.02 Å². The van der Waals surface area contributed by atoms with E-state index in [0.29, 0.717) is 27.6 Å². The lowest BCUT2D eigenvalue weighted by molar-refractivity contribution is 0.0696. The molecule has 0 aliphatic rings. The minimum absolute atomic E-state index is 0.211. The fraction of sp³-hybridized carbons (Fsp3) is 0.0625. The maximum Gasteiger partial charge on any atom is 0.335 e. The quantitative estimate of drug-likeness (QED) is 0.106. The number of rotatable bonds is 11. The lowest BCUT2D eigenvalue weighted by Gasteiger charge is -2.11. The number of nitrogens with zero attached hydrogens (tertiary/aromatic N) is 2. The number of carboxylic acids is 1. The van der Waals surface area contributed by atoms with Gasteiger partial charge in [0, 0.05) is 27.2 Å². The molecule has 0 saturated carbocycles. The van der Waals surface area contributed by atoms with Gasteiger partial charge in [-0.3, -0.25) is 4.79 Å². The molecule has 0 bridgehead atoms. The average molecular weight is 613 g/mol. The van der Waals surface area contributed by atoms with Gasteiger partial charge in [-0.15, -0.1) is 11.3 Å². The molecule has 0 aliphatic carbocycles. The first kappa shape index (κ1) is 29.3. The summed E-state index contributed by atoms with van der Waals surface area (Å²) in [5.41, 5.74) is 7.28. The van der Waals surface area contributed by atoms with E-state index in [2.05, 4.69) is 20.8 Å². The van der Waals surface area contributed by atoms with E-state index in [4.69, 9.17) is 26.2 Å². The third kappa shape index (κ3) is 7.76. The standard InChI is InChI=1S/C32H25ClN4O5S/c1-41-29-16-21(4-15-28(29)42-18-20-2-5-24(6-3-20)31(39)40)17-34-37-30(38)23-9-7-22(8-10-23)27-19-43-32(36-27)35-26-13-11-25(33)12-14-26/h2-17,19H,18H2,1H3,(H,35,36)(H,37,38)(H,39,40)/b34-17-. The highest BCUT2D eigenvalue weighted by atomic mass is 35.5. The highest BCUT2D eigenvalue weighted by molar-refractivity contribution is 7.14. The van der Waals surface area contributed by atoms with Crippen LogP contribution in [0.4, 0.5) is 10.8 Å². The van der Waals surface area contributed by atoms with Crippen LogP contribution in [0.25, 0.3) is 11.3 Å². The second-order valence-corrected chi connectivity index (χ2v) is 10.4. The van der Waals surface area contributed by atoms with Crippen LogP contribution in [0.3, 0.4) is 0 Å². The van der Waals surface area contributed by atoms with Crippen molar-refractivity contribution < 1.29 is 24.2 Å². The lowest BCUT2D eigenvalue weighted by Crippen LogP contribution is -2.17. The second kappa shape index (κ2) is 13.6. The number of carbonyl (C=O) groups excluding carboxylic acids is 1. The van der Waals surface area contributed by atoms with Crippen molar-refractivity contribution in [3.8, 4) is 22.8 Å². The summed E-state index contributed by atoms with van der Waals surface area (Å²) in [6.07, 6.45) is 1.51. The Bertz CT molecular complexity index is 1750. The number of hydrazone groups is 1. The zero-order valence-electron chi connectivity index (χ0n) is 22.8. The number of nitrogens with one attached hydrogen (secondary N) is 2. The molecule has 43 heavy (non-hydrogen) atoms. The van der Waals surface area contributed by atoms with Crippen molar-refractivity contribution in [1.82, 2.24) is 10.4 Å². The van der Waals surface area contributed by atoms with Crippen molar-refractivity contribution in [3.63, 3.8) is 0 Å². The Labute approximate surface area is 256 Å². The Morgan fingerprint density at radius 1 is 0.953 bits per heavy atom. The number of amides is 1. The fourth-order valence-electron chi connectivity index (χ4n) is 3.93. The number of aromatic carboxylic acids is 1. The number of halogens is 1.